The molecule has 0 saturated heterocycles. The molecule has 0 radical (unpaired) electrons. The van der Waals surface area contributed by atoms with E-state index >= 15 is 0 Å². The van der Waals surface area contributed by atoms with Crippen molar-refractivity contribution in [3.8, 4) is 17.6 Å². The number of nitrogens with zero attached hydrogens (tertiary/aromatic N) is 1. The minimum Gasteiger partial charge on any atom is -0.497 e. The third kappa shape index (κ3) is 3.39. The molecule has 0 aromatic heterocycles. The van der Waals surface area contributed by atoms with E-state index in [0.29, 0.717) is 23.1 Å². The highest BCUT2D eigenvalue weighted by Crippen LogP contribution is 2.22. The lowest BCUT2D eigenvalue weighted by molar-refractivity contribution is -0.123. The monoisotopic (exact) mass is 246 g/mol. The number of carbonyl (C=O) groups excluding carboxylic acids is 1. The molecule has 1 amide bonds. The lowest BCUT2D eigenvalue weighted by Crippen LogP contribution is -2.30. The molecule has 0 bridgehead atoms. The number of hydrogen-bond acceptors (Lipinski definition) is 4. The molecule has 0 heterocycles. The Morgan fingerprint density at radius 2 is 2.17 bits per heavy atom. The number of rotatable bonds is 5. The van der Waals surface area contributed by atoms with Gasteiger partial charge in [-0.2, -0.15) is 5.26 Å². The minimum absolute atomic E-state index is 0.0471. The van der Waals surface area contributed by atoms with Gasteiger partial charge >= 0.3 is 0 Å². The number of carbonyl (C=O) groups is 1. The molecule has 0 aliphatic heterocycles. The molecule has 0 spiro atoms. The van der Waals surface area contributed by atoms with Gasteiger partial charge in [0, 0.05) is 12.1 Å². The number of nitrogens with one attached hydrogen (secondary N) is 1. The molecular weight excluding hydrogens is 232 g/mol. The van der Waals surface area contributed by atoms with E-state index in [9.17, 15) is 4.79 Å². The molecule has 1 fully saturated rings. The molecular formula is C13H14N2O3. The third-order valence-electron chi connectivity index (χ3n) is 2.56. The van der Waals surface area contributed by atoms with Gasteiger partial charge in [0.05, 0.1) is 18.7 Å². The molecule has 1 saturated carbocycles. The van der Waals surface area contributed by atoms with Crippen molar-refractivity contribution in [1.29, 1.82) is 5.26 Å². The second-order valence-electron chi connectivity index (χ2n) is 4.14. The standard InChI is InChI=1S/C13H14N2O3/c1-17-11-4-9(7-14)5-12(6-11)18-8-13(16)15-10-2-3-10/h4-6,10H,2-3,8H2,1H3,(H,15,16). The second-order valence-corrected chi connectivity index (χ2v) is 4.14. The number of hydrogen-bond donors (Lipinski definition) is 1. The van der Waals surface area contributed by atoms with Crippen LogP contribution < -0.4 is 14.8 Å². The zero-order valence-electron chi connectivity index (χ0n) is 10.1. The van der Waals surface area contributed by atoms with Crippen molar-refractivity contribution in [3.05, 3.63) is 23.8 Å². The normalized spacial score (nSPS) is 13.6. The Balaban J connectivity index is 1.95. The first kappa shape index (κ1) is 12.2. The quantitative estimate of drug-likeness (QED) is 0.848. The van der Waals surface area contributed by atoms with Crippen LogP contribution >= 0.6 is 0 Å². The van der Waals surface area contributed by atoms with Crippen LogP contribution in [0.5, 0.6) is 11.5 Å². The Morgan fingerprint density at radius 1 is 1.44 bits per heavy atom. The topological polar surface area (TPSA) is 71.3 Å². The minimum atomic E-state index is -0.140. The van der Waals surface area contributed by atoms with Gasteiger partial charge in [-0.05, 0) is 25.0 Å². The Kier molecular flexibility index (Phi) is 3.68. The van der Waals surface area contributed by atoms with Gasteiger partial charge in [0.25, 0.3) is 5.91 Å². The predicted molar refractivity (Wildman–Crippen MR) is 64.4 cm³/mol. The Hall–Kier alpha value is -2.22. The fourth-order valence-corrected chi connectivity index (χ4v) is 1.48. The molecule has 5 nitrogen and oxygen atoms in total. The molecule has 5 heteroatoms. The van der Waals surface area contributed by atoms with E-state index in [4.69, 9.17) is 14.7 Å². The van der Waals surface area contributed by atoms with Crippen LogP contribution in [0.25, 0.3) is 0 Å². The number of ether oxygens (including phenoxy) is 2. The van der Waals surface area contributed by atoms with Crippen LogP contribution in [0.15, 0.2) is 18.2 Å². The van der Waals surface area contributed by atoms with Crippen molar-refractivity contribution in [3.63, 3.8) is 0 Å². The first-order valence-corrected chi connectivity index (χ1v) is 5.72. The van der Waals surface area contributed by atoms with Crippen LogP contribution in [0.2, 0.25) is 0 Å². The molecule has 0 atom stereocenters. The van der Waals surface area contributed by atoms with Gasteiger partial charge in [-0.25, -0.2) is 0 Å². The van der Waals surface area contributed by atoms with E-state index in [-0.39, 0.29) is 12.5 Å². The lowest BCUT2D eigenvalue weighted by atomic mass is 10.2. The fraction of sp³-hybridized carbons (Fsp3) is 0.385. The van der Waals surface area contributed by atoms with Crippen LogP contribution in [-0.2, 0) is 4.79 Å². The van der Waals surface area contributed by atoms with E-state index in [1.807, 2.05) is 6.07 Å². The highest BCUT2D eigenvalue weighted by atomic mass is 16.5. The molecule has 1 aromatic carbocycles. The first-order valence-electron chi connectivity index (χ1n) is 5.72. The van der Waals surface area contributed by atoms with E-state index in [0.717, 1.165) is 12.8 Å². The van der Waals surface area contributed by atoms with E-state index in [1.165, 1.54) is 7.11 Å². The summed E-state index contributed by atoms with van der Waals surface area (Å²) in [4.78, 5) is 11.4. The van der Waals surface area contributed by atoms with Crippen molar-refractivity contribution in [2.75, 3.05) is 13.7 Å². The van der Waals surface area contributed by atoms with Crippen LogP contribution in [0.4, 0.5) is 0 Å². The smallest absolute Gasteiger partial charge is 0.258 e. The molecule has 1 N–H and O–H groups in total. The van der Waals surface area contributed by atoms with Gasteiger partial charge < -0.3 is 14.8 Å². The van der Waals surface area contributed by atoms with Crippen LogP contribution in [0.1, 0.15) is 18.4 Å². The Labute approximate surface area is 105 Å². The summed E-state index contributed by atoms with van der Waals surface area (Å²) < 4.78 is 10.4. The van der Waals surface area contributed by atoms with Gasteiger partial charge in [-0.3, -0.25) is 4.79 Å². The number of nitriles is 1. The fourth-order valence-electron chi connectivity index (χ4n) is 1.48. The summed E-state index contributed by atoms with van der Waals surface area (Å²) in [5.41, 5.74) is 0.437. The van der Waals surface area contributed by atoms with Crippen LogP contribution in [0.3, 0.4) is 0 Å². The zero-order chi connectivity index (χ0) is 13.0. The summed E-state index contributed by atoms with van der Waals surface area (Å²) in [5, 5.41) is 11.7. The van der Waals surface area contributed by atoms with Crippen molar-refractivity contribution >= 4 is 5.91 Å². The highest BCUT2D eigenvalue weighted by Gasteiger charge is 2.23. The SMILES string of the molecule is COc1cc(C#N)cc(OCC(=O)NC2CC2)c1. The maximum absolute atomic E-state index is 11.4. The summed E-state index contributed by atoms with van der Waals surface area (Å²) in [7, 11) is 1.51. The van der Waals surface area contributed by atoms with Gasteiger partial charge in [0.15, 0.2) is 6.61 Å². The van der Waals surface area contributed by atoms with Crippen molar-refractivity contribution in [2.45, 2.75) is 18.9 Å². The molecule has 2 rings (SSSR count). The zero-order valence-corrected chi connectivity index (χ0v) is 10.1. The van der Waals surface area contributed by atoms with Gasteiger partial charge in [-0.1, -0.05) is 0 Å². The predicted octanol–water partition coefficient (Wildman–Crippen LogP) is 1.22. The van der Waals surface area contributed by atoms with Crippen molar-refractivity contribution in [2.24, 2.45) is 0 Å². The Morgan fingerprint density at radius 3 is 2.78 bits per heavy atom. The van der Waals surface area contributed by atoms with Crippen LogP contribution in [0, 0.1) is 11.3 Å². The largest absolute Gasteiger partial charge is 0.497 e. The van der Waals surface area contributed by atoms with E-state index in [2.05, 4.69) is 5.32 Å². The van der Waals surface area contributed by atoms with E-state index in [1.54, 1.807) is 18.2 Å². The summed E-state index contributed by atoms with van der Waals surface area (Å²) >= 11 is 0. The number of benzene rings is 1. The van der Waals surface area contributed by atoms with Crippen molar-refractivity contribution < 1.29 is 14.3 Å². The van der Waals surface area contributed by atoms with Crippen molar-refractivity contribution in [1.82, 2.24) is 5.32 Å². The summed E-state index contributed by atoms with van der Waals surface area (Å²) in [6.07, 6.45) is 2.09. The highest BCUT2D eigenvalue weighted by molar-refractivity contribution is 5.78. The Bertz CT molecular complexity index is 489. The maximum atomic E-state index is 11.4. The van der Waals surface area contributed by atoms with Crippen LogP contribution in [-0.4, -0.2) is 25.7 Å². The van der Waals surface area contributed by atoms with Gasteiger partial charge in [-0.15, -0.1) is 0 Å². The first-order chi connectivity index (χ1) is 8.71. The molecule has 1 aromatic rings. The average Bonchev–Trinajstić information content (AvgIpc) is 3.19. The molecule has 18 heavy (non-hydrogen) atoms. The summed E-state index contributed by atoms with van der Waals surface area (Å²) in [6.45, 7) is -0.0471. The second kappa shape index (κ2) is 5.41. The lowest BCUT2D eigenvalue weighted by Gasteiger charge is -2.08. The molecule has 1 aliphatic carbocycles. The van der Waals surface area contributed by atoms with Gasteiger partial charge in [0.1, 0.15) is 11.5 Å². The summed E-state index contributed by atoms with van der Waals surface area (Å²) in [5.74, 6) is 0.849. The number of methoxy groups -OCH3 is 1. The maximum Gasteiger partial charge on any atom is 0.258 e. The molecule has 0 unspecified atom stereocenters. The molecule has 94 valence electrons. The molecule has 1 aliphatic rings. The van der Waals surface area contributed by atoms with E-state index < -0.39 is 0 Å². The number of amides is 1. The third-order valence-corrected chi connectivity index (χ3v) is 2.56. The summed E-state index contributed by atoms with van der Waals surface area (Å²) in [6, 6.07) is 7.16. The van der Waals surface area contributed by atoms with Gasteiger partial charge in [0.2, 0.25) is 0 Å². The average molecular weight is 246 g/mol.